The number of sulfone groups is 1. The summed E-state index contributed by atoms with van der Waals surface area (Å²) in [6.07, 6.45) is 7.02. The summed E-state index contributed by atoms with van der Waals surface area (Å²) >= 11 is 0. The van der Waals surface area contributed by atoms with Crippen LogP contribution >= 0.6 is 0 Å². The fraction of sp³-hybridized carbons (Fsp3) is 0.385. The first-order chi connectivity index (χ1) is 18.2. The van der Waals surface area contributed by atoms with Gasteiger partial charge in [0, 0.05) is 24.8 Å². The highest BCUT2D eigenvalue weighted by Crippen LogP contribution is 2.44. The van der Waals surface area contributed by atoms with Crippen molar-refractivity contribution in [3.05, 3.63) is 58.4 Å². The quantitative estimate of drug-likeness (QED) is 0.338. The molecular formula is C26H29N7O4S. The molecule has 0 spiro atoms. The van der Waals surface area contributed by atoms with Crippen molar-refractivity contribution in [3.8, 4) is 17.3 Å². The number of anilines is 1. The lowest BCUT2D eigenvalue weighted by Gasteiger charge is -2.18. The highest BCUT2D eigenvalue weighted by Gasteiger charge is 2.31. The van der Waals surface area contributed by atoms with Gasteiger partial charge < -0.3 is 10.1 Å². The summed E-state index contributed by atoms with van der Waals surface area (Å²) in [7, 11) is -1.74. The minimum absolute atomic E-state index is 0.151. The molecule has 1 aromatic carbocycles. The van der Waals surface area contributed by atoms with Gasteiger partial charge in [0.25, 0.3) is 5.56 Å². The SMILES string of the molecule is CCC(C)n1c(=O)c(NCc2ccc(S(C)(=O)=O)cc2)nc2cnc(-c3c(OC)ncnc3C3CC3)nc21. The topological polar surface area (TPSA) is 142 Å². The van der Waals surface area contributed by atoms with Crippen LogP contribution in [0.4, 0.5) is 5.82 Å². The Bertz CT molecular complexity index is 1670. The van der Waals surface area contributed by atoms with Crippen molar-refractivity contribution in [1.82, 2.24) is 29.5 Å². The first-order valence-electron chi connectivity index (χ1n) is 12.4. The van der Waals surface area contributed by atoms with E-state index >= 15 is 0 Å². The number of nitrogens with zero attached hydrogens (tertiary/aromatic N) is 6. The van der Waals surface area contributed by atoms with Gasteiger partial charge in [0.15, 0.2) is 27.1 Å². The van der Waals surface area contributed by atoms with E-state index in [9.17, 15) is 13.2 Å². The highest BCUT2D eigenvalue weighted by atomic mass is 32.2. The van der Waals surface area contributed by atoms with Crippen LogP contribution in [0.2, 0.25) is 0 Å². The molecule has 1 atom stereocenters. The molecule has 1 fully saturated rings. The van der Waals surface area contributed by atoms with Crippen LogP contribution in [0.25, 0.3) is 22.6 Å². The largest absolute Gasteiger partial charge is 0.480 e. The van der Waals surface area contributed by atoms with Gasteiger partial charge in [-0.15, -0.1) is 0 Å². The molecule has 5 rings (SSSR count). The normalized spacial score (nSPS) is 14.4. The zero-order chi connectivity index (χ0) is 27.0. The lowest BCUT2D eigenvalue weighted by atomic mass is 10.1. The number of aromatic nitrogens is 6. The summed E-state index contributed by atoms with van der Waals surface area (Å²) in [6.45, 7) is 4.25. The molecule has 1 unspecified atom stereocenters. The number of rotatable bonds is 9. The Balaban J connectivity index is 1.56. The molecule has 0 saturated heterocycles. The van der Waals surface area contributed by atoms with Gasteiger partial charge in [0.2, 0.25) is 5.88 Å². The van der Waals surface area contributed by atoms with Gasteiger partial charge in [0.05, 0.1) is 23.9 Å². The zero-order valence-electron chi connectivity index (χ0n) is 21.7. The number of hydrogen-bond donors (Lipinski definition) is 1. The molecule has 0 amide bonds. The van der Waals surface area contributed by atoms with E-state index in [1.165, 1.54) is 6.33 Å². The van der Waals surface area contributed by atoms with Crippen molar-refractivity contribution in [2.24, 2.45) is 0 Å². The van der Waals surface area contributed by atoms with Gasteiger partial charge in [-0.2, -0.15) is 0 Å². The molecule has 3 heterocycles. The second kappa shape index (κ2) is 10.1. The van der Waals surface area contributed by atoms with Gasteiger partial charge in [-0.25, -0.2) is 33.3 Å². The summed E-state index contributed by atoms with van der Waals surface area (Å²) in [5, 5.41) is 3.11. The number of nitrogens with one attached hydrogen (secondary N) is 1. The molecule has 0 radical (unpaired) electrons. The molecule has 0 bridgehead atoms. The minimum Gasteiger partial charge on any atom is -0.480 e. The third kappa shape index (κ3) is 4.95. The first kappa shape index (κ1) is 25.7. The molecule has 0 aliphatic heterocycles. The predicted molar refractivity (Wildman–Crippen MR) is 143 cm³/mol. The molecule has 38 heavy (non-hydrogen) atoms. The summed E-state index contributed by atoms with van der Waals surface area (Å²) < 4.78 is 30.6. The van der Waals surface area contributed by atoms with Gasteiger partial charge in [0.1, 0.15) is 17.4 Å². The van der Waals surface area contributed by atoms with Crippen LogP contribution in [0.15, 0.2) is 46.5 Å². The van der Waals surface area contributed by atoms with E-state index in [1.807, 2.05) is 13.8 Å². The van der Waals surface area contributed by atoms with Crippen molar-refractivity contribution in [3.63, 3.8) is 0 Å². The Hall–Kier alpha value is -3.93. The third-order valence-electron chi connectivity index (χ3n) is 6.70. The molecule has 12 heteroatoms. The summed E-state index contributed by atoms with van der Waals surface area (Å²) in [5.41, 5.74) is 2.88. The molecular weight excluding hydrogens is 506 g/mol. The first-order valence-corrected chi connectivity index (χ1v) is 14.3. The molecule has 1 N–H and O–H groups in total. The lowest BCUT2D eigenvalue weighted by molar-refractivity contribution is 0.397. The molecule has 11 nitrogen and oxygen atoms in total. The fourth-order valence-electron chi connectivity index (χ4n) is 4.28. The van der Waals surface area contributed by atoms with Crippen LogP contribution in [0.1, 0.15) is 56.3 Å². The van der Waals surface area contributed by atoms with E-state index in [2.05, 4.69) is 25.3 Å². The second-order valence-corrected chi connectivity index (χ2v) is 11.5. The number of methoxy groups -OCH3 is 1. The van der Waals surface area contributed by atoms with Crippen LogP contribution in [-0.4, -0.2) is 51.3 Å². The maximum atomic E-state index is 13.6. The minimum atomic E-state index is -3.28. The van der Waals surface area contributed by atoms with Gasteiger partial charge >= 0.3 is 0 Å². The monoisotopic (exact) mass is 535 g/mol. The van der Waals surface area contributed by atoms with Crippen molar-refractivity contribution in [2.45, 2.75) is 56.5 Å². The number of ether oxygens (including phenoxy) is 1. The van der Waals surface area contributed by atoms with E-state index in [4.69, 9.17) is 9.72 Å². The van der Waals surface area contributed by atoms with Crippen LogP contribution in [-0.2, 0) is 16.4 Å². The molecule has 1 aliphatic carbocycles. The van der Waals surface area contributed by atoms with Gasteiger partial charge in [-0.05, 0) is 43.9 Å². The Morgan fingerprint density at radius 3 is 2.50 bits per heavy atom. The van der Waals surface area contributed by atoms with Crippen molar-refractivity contribution in [1.29, 1.82) is 0 Å². The number of hydrogen-bond acceptors (Lipinski definition) is 10. The molecule has 1 saturated carbocycles. The van der Waals surface area contributed by atoms with Crippen LogP contribution in [0.3, 0.4) is 0 Å². The predicted octanol–water partition coefficient (Wildman–Crippen LogP) is 3.52. The molecule has 198 valence electrons. The summed E-state index contributed by atoms with van der Waals surface area (Å²) in [4.78, 5) is 36.5. The van der Waals surface area contributed by atoms with Crippen molar-refractivity contribution >= 4 is 26.8 Å². The van der Waals surface area contributed by atoms with E-state index in [0.29, 0.717) is 47.3 Å². The fourth-order valence-corrected chi connectivity index (χ4v) is 4.91. The van der Waals surface area contributed by atoms with E-state index in [1.54, 1.807) is 42.1 Å². The molecule has 3 aromatic heterocycles. The van der Waals surface area contributed by atoms with E-state index in [-0.39, 0.29) is 22.3 Å². The molecule has 1 aliphatic rings. The summed E-state index contributed by atoms with van der Waals surface area (Å²) in [5.74, 6) is 1.27. The Labute approximate surface area is 220 Å². The van der Waals surface area contributed by atoms with Crippen LogP contribution in [0, 0.1) is 0 Å². The smallest absolute Gasteiger partial charge is 0.295 e. The maximum Gasteiger partial charge on any atom is 0.295 e. The number of benzene rings is 1. The Morgan fingerprint density at radius 2 is 1.87 bits per heavy atom. The maximum absolute atomic E-state index is 13.6. The second-order valence-electron chi connectivity index (χ2n) is 9.48. The Kier molecular flexibility index (Phi) is 6.82. The van der Waals surface area contributed by atoms with Crippen molar-refractivity contribution in [2.75, 3.05) is 18.7 Å². The molecule has 4 aromatic rings. The van der Waals surface area contributed by atoms with Gasteiger partial charge in [-0.3, -0.25) is 9.36 Å². The average Bonchev–Trinajstić information content (AvgIpc) is 3.76. The van der Waals surface area contributed by atoms with Crippen LogP contribution in [0.5, 0.6) is 5.88 Å². The standard InChI is InChI=1S/C26H29N7O4S/c1-5-15(2)33-24-19(13-28-22(32-24)20-21(17-8-9-17)29-14-30-25(20)37-3)31-23(26(33)34)27-12-16-6-10-18(11-7-16)38(4,35)36/h6-7,10-11,13-15,17H,5,8-9,12H2,1-4H3,(H,27,31). The zero-order valence-corrected chi connectivity index (χ0v) is 22.5. The van der Waals surface area contributed by atoms with E-state index in [0.717, 1.165) is 30.4 Å². The van der Waals surface area contributed by atoms with E-state index < -0.39 is 9.84 Å². The third-order valence-corrected chi connectivity index (χ3v) is 7.83. The van der Waals surface area contributed by atoms with Crippen LogP contribution < -0.4 is 15.6 Å². The highest BCUT2D eigenvalue weighted by molar-refractivity contribution is 7.90. The average molecular weight is 536 g/mol. The van der Waals surface area contributed by atoms with Crippen molar-refractivity contribution < 1.29 is 13.2 Å². The lowest BCUT2D eigenvalue weighted by Crippen LogP contribution is -2.28. The Morgan fingerprint density at radius 1 is 1.13 bits per heavy atom. The van der Waals surface area contributed by atoms with Gasteiger partial charge in [-0.1, -0.05) is 19.1 Å². The summed E-state index contributed by atoms with van der Waals surface area (Å²) in [6, 6.07) is 6.36. The number of fused-ring (bicyclic) bond motifs is 1.